The van der Waals surface area contributed by atoms with Gasteiger partial charge in [0.15, 0.2) is 5.65 Å². The molecule has 0 fully saturated rings. The number of imidazole rings is 2. The Hall–Kier alpha value is -2.96. The van der Waals surface area contributed by atoms with Crippen molar-refractivity contribution >= 4 is 22.8 Å². The normalized spacial score (nSPS) is 11.3. The molecule has 0 unspecified atom stereocenters. The molecule has 4 heterocycles. The highest BCUT2D eigenvalue weighted by molar-refractivity contribution is 5.70. The van der Waals surface area contributed by atoms with Gasteiger partial charge in [-0.05, 0) is 12.1 Å². The summed E-state index contributed by atoms with van der Waals surface area (Å²) in [7, 11) is 1.92. The van der Waals surface area contributed by atoms with Gasteiger partial charge < -0.3 is 14.3 Å². The van der Waals surface area contributed by atoms with Crippen LogP contribution >= 0.6 is 0 Å². The third-order valence-corrected chi connectivity index (χ3v) is 3.53. The second-order valence-corrected chi connectivity index (χ2v) is 5.13. The Balaban J connectivity index is 1.46. The summed E-state index contributed by atoms with van der Waals surface area (Å²) in [5.41, 5.74) is 3.63. The molecule has 1 N–H and O–H groups in total. The molecule has 0 aliphatic carbocycles. The van der Waals surface area contributed by atoms with Gasteiger partial charge in [0.1, 0.15) is 11.2 Å². The van der Waals surface area contributed by atoms with Crippen LogP contribution in [0.5, 0.6) is 0 Å². The van der Waals surface area contributed by atoms with E-state index < -0.39 is 0 Å². The van der Waals surface area contributed by atoms with Crippen molar-refractivity contribution in [1.29, 1.82) is 0 Å². The minimum atomic E-state index is 0.611. The fraction of sp³-hybridized carbons (Fsp3) is 0.200. The number of anilines is 1. The number of nitrogens with zero attached hydrogens (tertiary/aromatic N) is 6. The van der Waals surface area contributed by atoms with Crippen LogP contribution in [0.4, 0.5) is 5.95 Å². The summed E-state index contributed by atoms with van der Waals surface area (Å²) in [4.78, 5) is 17.5. The van der Waals surface area contributed by atoms with Crippen LogP contribution in [-0.4, -0.2) is 35.4 Å². The number of hydrogen-bond acceptors (Lipinski definition) is 5. The zero-order chi connectivity index (χ0) is 14.9. The average Bonchev–Trinajstić information content (AvgIpc) is 3.11. The average molecular weight is 293 g/mol. The Kier molecular flexibility index (Phi) is 2.96. The lowest BCUT2D eigenvalue weighted by Crippen LogP contribution is -2.08. The molecule has 0 saturated heterocycles. The van der Waals surface area contributed by atoms with Crippen molar-refractivity contribution in [2.45, 2.75) is 6.42 Å². The molecule has 0 atom stereocenters. The molecule has 7 heteroatoms. The van der Waals surface area contributed by atoms with Crippen molar-refractivity contribution in [3.8, 4) is 0 Å². The van der Waals surface area contributed by atoms with Gasteiger partial charge in [0.2, 0.25) is 5.95 Å². The Morgan fingerprint density at radius 3 is 3.05 bits per heavy atom. The van der Waals surface area contributed by atoms with Gasteiger partial charge in [0, 0.05) is 32.4 Å². The first kappa shape index (κ1) is 12.8. The molecule has 0 bridgehead atoms. The third-order valence-electron chi connectivity index (χ3n) is 3.53. The molecule has 4 rings (SSSR count). The summed E-state index contributed by atoms with van der Waals surface area (Å²) < 4.78 is 3.90. The van der Waals surface area contributed by atoms with Crippen LogP contribution in [0, 0.1) is 0 Å². The fourth-order valence-corrected chi connectivity index (χ4v) is 2.42. The lowest BCUT2D eigenvalue weighted by Gasteiger charge is -2.03. The molecular formula is C15H15N7. The molecule has 0 amide bonds. The van der Waals surface area contributed by atoms with Crippen LogP contribution in [0.2, 0.25) is 0 Å². The number of fused-ring (bicyclic) bond motifs is 2. The van der Waals surface area contributed by atoms with Gasteiger partial charge in [0.05, 0.1) is 18.2 Å². The first-order chi connectivity index (χ1) is 10.8. The van der Waals surface area contributed by atoms with E-state index in [4.69, 9.17) is 0 Å². The SMILES string of the molecule is Cn1cnc2cnc(NCCc3cn4ccccc4n3)nc21. The molecule has 110 valence electrons. The van der Waals surface area contributed by atoms with E-state index in [0.29, 0.717) is 5.95 Å². The van der Waals surface area contributed by atoms with E-state index in [2.05, 4.69) is 25.3 Å². The smallest absolute Gasteiger partial charge is 0.224 e. The molecule has 4 aromatic rings. The monoisotopic (exact) mass is 293 g/mol. The van der Waals surface area contributed by atoms with Crippen LogP contribution in [0.25, 0.3) is 16.8 Å². The molecule has 22 heavy (non-hydrogen) atoms. The Morgan fingerprint density at radius 2 is 2.14 bits per heavy atom. The third kappa shape index (κ3) is 2.26. The predicted molar refractivity (Wildman–Crippen MR) is 83.7 cm³/mol. The van der Waals surface area contributed by atoms with Gasteiger partial charge in [-0.2, -0.15) is 4.98 Å². The Labute approximate surface area is 126 Å². The van der Waals surface area contributed by atoms with Crippen molar-refractivity contribution in [3.05, 3.63) is 48.8 Å². The van der Waals surface area contributed by atoms with E-state index in [-0.39, 0.29) is 0 Å². The molecule has 4 aromatic heterocycles. The summed E-state index contributed by atoms with van der Waals surface area (Å²) in [6.07, 6.45) is 8.32. The quantitative estimate of drug-likeness (QED) is 0.619. The van der Waals surface area contributed by atoms with Crippen LogP contribution in [-0.2, 0) is 13.5 Å². The van der Waals surface area contributed by atoms with Crippen molar-refractivity contribution < 1.29 is 0 Å². The van der Waals surface area contributed by atoms with Gasteiger partial charge in [0.25, 0.3) is 0 Å². The number of pyridine rings is 1. The first-order valence-electron chi connectivity index (χ1n) is 7.10. The molecule has 0 radical (unpaired) electrons. The topological polar surface area (TPSA) is 72.9 Å². The summed E-state index contributed by atoms with van der Waals surface area (Å²) in [5, 5.41) is 3.23. The maximum Gasteiger partial charge on any atom is 0.224 e. The zero-order valence-electron chi connectivity index (χ0n) is 12.1. The predicted octanol–water partition coefficient (Wildman–Crippen LogP) is 1.67. The summed E-state index contributed by atoms with van der Waals surface area (Å²) >= 11 is 0. The van der Waals surface area contributed by atoms with Crippen LogP contribution in [0.15, 0.2) is 43.1 Å². The van der Waals surface area contributed by atoms with Gasteiger partial charge in [-0.3, -0.25) is 0 Å². The van der Waals surface area contributed by atoms with Crippen LogP contribution < -0.4 is 5.32 Å². The highest BCUT2D eigenvalue weighted by Gasteiger charge is 2.05. The van der Waals surface area contributed by atoms with Crippen molar-refractivity contribution in [2.24, 2.45) is 7.05 Å². The molecular weight excluding hydrogens is 278 g/mol. The second-order valence-electron chi connectivity index (χ2n) is 5.13. The number of aryl methyl sites for hydroxylation is 1. The number of nitrogens with one attached hydrogen (secondary N) is 1. The van der Waals surface area contributed by atoms with Crippen molar-refractivity contribution in [1.82, 2.24) is 28.9 Å². The van der Waals surface area contributed by atoms with Gasteiger partial charge in [-0.15, -0.1) is 0 Å². The standard InChI is InChI=1S/C15H15N7/c1-21-10-18-12-8-17-15(20-14(12)21)16-6-5-11-9-22-7-3-2-4-13(22)19-11/h2-4,7-10H,5-6H2,1H3,(H,16,17,20). The lowest BCUT2D eigenvalue weighted by molar-refractivity contribution is 0.920. The maximum atomic E-state index is 4.57. The summed E-state index contributed by atoms with van der Waals surface area (Å²) in [5.74, 6) is 0.611. The van der Waals surface area contributed by atoms with Crippen molar-refractivity contribution in [3.63, 3.8) is 0 Å². The molecule has 7 nitrogen and oxygen atoms in total. The lowest BCUT2D eigenvalue weighted by atomic mass is 10.3. The molecule has 0 aliphatic rings. The van der Waals surface area contributed by atoms with E-state index in [0.717, 1.165) is 35.5 Å². The maximum absolute atomic E-state index is 4.57. The Bertz CT molecular complexity index is 904. The highest BCUT2D eigenvalue weighted by atomic mass is 15.2. The zero-order valence-corrected chi connectivity index (χ0v) is 12.1. The van der Waals surface area contributed by atoms with Gasteiger partial charge >= 0.3 is 0 Å². The largest absolute Gasteiger partial charge is 0.354 e. The summed E-state index contributed by atoms with van der Waals surface area (Å²) in [6.45, 7) is 0.729. The highest BCUT2D eigenvalue weighted by Crippen LogP contribution is 2.10. The van der Waals surface area contributed by atoms with E-state index in [1.807, 2.05) is 46.6 Å². The van der Waals surface area contributed by atoms with E-state index in [9.17, 15) is 0 Å². The van der Waals surface area contributed by atoms with Crippen LogP contribution in [0.1, 0.15) is 5.69 Å². The van der Waals surface area contributed by atoms with Crippen molar-refractivity contribution in [2.75, 3.05) is 11.9 Å². The number of rotatable bonds is 4. The number of aromatic nitrogens is 6. The van der Waals surface area contributed by atoms with Gasteiger partial charge in [-0.25, -0.2) is 15.0 Å². The minimum Gasteiger partial charge on any atom is -0.354 e. The second kappa shape index (κ2) is 5.10. The molecule has 0 spiro atoms. The van der Waals surface area contributed by atoms with E-state index >= 15 is 0 Å². The fourth-order valence-electron chi connectivity index (χ4n) is 2.42. The number of hydrogen-bond donors (Lipinski definition) is 1. The minimum absolute atomic E-state index is 0.611. The molecule has 0 saturated carbocycles. The first-order valence-corrected chi connectivity index (χ1v) is 7.10. The molecule has 0 aromatic carbocycles. The Morgan fingerprint density at radius 1 is 1.18 bits per heavy atom. The molecule has 0 aliphatic heterocycles. The van der Waals surface area contributed by atoms with E-state index in [1.165, 1.54) is 0 Å². The van der Waals surface area contributed by atoms with Crippen LogP contribution in [0.3, 0.4) is 0 Å². The van der Waals surface area contributed by atoms with E-state index in [1.54, 1.807) is 12.5 Å². The summed E-state index contributed by atoms with van der Waals surface area (Å²) in [6, 6.07) is 5.98. The van der Waals surface area contributed by atoms with Gasteiger partial charge in [-0.1, -0.05) is 6.07 Å².